The van der Waals surface area contributed by atoms with Crippen LogP contribution in [-0.2, 0) is 12.8 Å². The highest BCUT2D eigenvalue weighted by Gasteiger charge is 2.31. The molecule has 0 bridgehead atoms. The van der Waals surface area contributed by atoms with E-state index in [4.69, 9.17) is 10.5 Å². The molecule has 0 saturated carbocycles. The summed E-state index contributed by atoms with van der Waals surface area (Å²) in [5, 5.41) is 0. The van der Waals surface area contributed by atoms with E-state index in [0.717, 1.165) is 29.6 Å². The smallest absolute Gasteiger partial charge is 0.250 e. The van der Waals surface area contributed by atoms with Gasteiger partial charge in [-0.1, -0.05) is 19.4 Å². The fourth-order valence-corrected chi connectivity index (χ4v) is 3.94. The average molecular weight is 369 g/mol. The first-order valence-electron chi connectivity index (χ1n) is 9.84. The summed E-state index contributed by atoms with van der Waals surface area (Å²) in [6.45, 7) is 3.31. The summed E-state index contributed by atoms with van der Waals surface area (Å²) in [6, 6.07) is 7.61. The maximum absolute atomic E-state index is 11.2. The molecule has 0 aliphatic heterocycles. The van der Waals surface area contributed by atoms with Crippen LogP contribution in [0.5, 0.6) is 11.6 Å². The van der Waals surface area contributed by atoms with E-state index in [1.54, 1.807) is 12.1 Å². The Morgan fingerprint density at radius 1 is 1.19 bits per heavy atom. The molecule has 0 unspecified atom stereocenters. The highest BCUT2D eigenvalue weighted by Crippen LogP contribution is 2.42. The molecule has 5 heteroatoms. The molecule has 0 spiro atoms. The fourth-order valence-electron chi connectivity index (χ4n) is 3.94. The van der Waals surface area contributed by atoms with Crippen molar-refractivity contribution in [3.63, 3.8) is 0 Å². The Kier molecular flexibility index (Phi) is 5.80. The number of nitrogens with two attached hydrogens (primary N) is 1. The molecular weight excluding hydrogens is 338 g/mol. The lowest BCUT2D eigenvalue weighted by atomic mass is 10.0. The minimum absolute atomic E-state index is 0.382. The molecule has 1 aliphatic rings. The molecule has 144 valence electrons. The van der Waals surface area contributed by atoms with E-state index in [1.165, 1.54) is 48.7 Å². The van der Waals surface area contributed by atoms with Crippen LogP contribution < -0.4 is 15.0 Å². The minimum atomic E-state index is -0.485. The van der Waals surface area contributed by atoms with Crippen LogP contribution in [-0.4, -0.2) is 31.5 Å². The Labute approximate surface area is 161 Å². The molecule has 1 aliphatic carbocycles. The molecule has 3 rings (SSSR count). The predicted molar refractivity (Wildman–Crippen MR) is 109 cm³/mol. The molecule has 5 nitrogen and oxygen atoms in total. The molecule has 0 radical (unpaired) electrons. The zero-order valence-electron chi connectivity index (χ0n) is 16.6. The van der Waals surface area contributed by atoms with Crippen molar-refractivity contribution in [3.8, 4) is 11.6 Å². The zero-order chi connectivity index (χ0) is 19.4. The van der Waals surface area contributed by atoms with E-state index in [-0.39, 0.29) is 0 Å². The summed E-state index contributed by atoms with van der Waals surface area (Å²) in [6.07, 6.45) is 8.56. The number of primary amides is 1. The number of aryl methyl sites for hydroxylation is 1. The monoisotopic (exact) mass is 368 g/mol. The Bertz CT molecular complexity index is 813. The van der Waals surface area contributed by atoms with E-state index >= 15 is 0 Å². The normalized spacial score (nSPS) is 13.4. The Morgan fingerprint density at radius 2 is 2.00 bits per heavy atom. The number of ether oxygens (including phenoxy) is 1. The number of hydrogen-bond donors (Lipinski definition) is 1. The number of hydrogen-bond acceptors (Lipinski definition) is 3. The number of nitrogens with zero attached hydrogens (tertiary/aromatic N) is 2. The number of carbonyl (C=O) groups is 1. The molecule has 0 fully saturated rings. The van der Waals surface area contributed by atoms with E-state index in [2.05, 4.69) is 38.1 Å². The lowest BCUT2D eigenvalue weighted by molar-refractivity contribution is 0.1000. The first-order chi connectivity index (χ1) is 12.9. The first-order valence-corrected chi connectivity index (χ1v) is 9.84. The maximum Gasteiger partial charge on any atom is 0.250 e. The number of quaternary nitrogens is 1. The second-order valence-corrected chi connectivity index (χ2v) is 7.87. The van der Waals surface area contributed by atoms with Crippen LogP contribution in [0, 0.1) is 0 Å². The van der Waals surface area contributed by atoms with Gasteiger partial charge >= 0.3 is 0 Å². The van der Waals surface area contributed by atoms with Crippen LogP contribution in [0.4, 0.5) is 5.69 Å². The molecule has 2 aromatic rings. The predicted octanol–water partition coefficient (Wildman–Crippen LogP) is 4.22. The van der Waals surface area contributed by atoms with Gasteiger partial charge in [-0.15, -0.1) is 0 Å². The molecule has 1 aromatic heterocycles. The largest absolute Gasteiger partial charge is 0.433 e. The third-order valence-corrected chi connectivity index (χ3v) is 5.38. The summed E-state index contributed by atoms with van der Waals surface area (Å²) < 4.78 is 6.99. The summed E-state index contributed by atoms with van der Waals surface area (Å²) in [4.78, 5) is 15.5. The molecule has 2 N–H and O–H groups in total. The van der Waals surface area contributed by atoms with Crippen molar-refractivity contribution in [2.24, 2.45) is 5.73 Å². The van der Waals surface area contributed by atoms with Crippen molar-refractivity contribution in [1.82, 2.24) is 9.47 Å². The molecule has 1 amide bonds. The van der Waals surface area contributed by atoms with Gasteiger partial charge < -0.3 is 10.5 Å². The summed E-state index contributed by atoms with van der Waals surface area (Å²) in [5.74, 6) is 0.852. The molecule has 0 saturated heterocycles. The molecule has 27 heavy (non-hydrogen) atoms. The van der Waals surface area contributed by atoms with Gasteiger partial charge in [0.05, 0.1) is 26.2 Å². The van der Waals surface area contributed by atoms with Gasteiger partial charge in [0.15, 0.2) is 11.4 Å². The van der Waals surface area contributed by atoms with Crippen LogP contribution in [0.15, 0.2) is 30.5 Å². The van der Waals surface area contributed by atoms with Crippen LogP contribution >= 0.6 is 0 Å². The van der Waals surface area contributed by atoms with Crippen molar-refractivity contribution in [1.29, 1.82) is 0 Å². The Hall–Kier alpha value is -2.40. The second-order valence-electron chi connectivity index (χ2n) is 7.87. The van der Waals surface area contributed by atoms with E-state index in [1.807, 2.05) is 0 Å². The number of fused-ring (bicyclic) bond motifs is 1. The lowest BCUT2D eigenvalue weighted by Gasteiger charge is -2.32. The minimum Gasteiger partial charge on any atom is -0.433 e. The molecule has 1 aromatic carbocycles. The average Bonchev–Trinajstić information content (AvgIpc) is 3.10. The SMILES string of the molecule is CCCCC[N+](C)(C)c1c(Oc2ccc(C(N)=O)cn2)ccc2c1CCC2. The Balaban J connectivity index is 1.94. The number of carbonyl (C=O) groups excluding carboxylic acids is 1. The lowest BCUT2D eigenvalue weighted by Crippen LogP contribution is -2.42. The fraction of sp³-hybridized carbons (Fsp3) is 0.455. The van der Waals surface area contributed by atoms with Crippen molar-refractivity contribution < 1.29 is 9.53 Å². The van der Waals surface area contributed by atoms with Crippen LogP contribution in [0.1, 0.15) is 54.1 Å². The highest BCUT2D eigenvalue weighted by atomic mass is 16.5. The van der Waals surface area contributed by atoms with Gasteiger partial charge in [0.25, 0.3) is 0 Å². The second kappa shape index (κ2) is 8.09. The first kappa shape index (κ1) is 19.4. The quantitative estimate of drug-likeness (QED) is 0.560. The third kappa shape index (κ3) is 4.30. The van der Waals surface area contributed by atoms with Gasteiger partial charge in [-0.05, 0) is 49.8 Å². The van der Waals surface area contributed by atoms with Gasteiger partial charge in [0.1, 0.15) is 0 Å². The number of benzene rings is 1. The van der Waals surface area contributed by atoms with Crippen molar-refractivity contribution >= 4 is 11.6 Å². The maximum atomic E-state index is 11.2. The molecule has 0 atom stereocenters. The van der Waals surface area contributed by atoms with Crippen LogP contribution in [0.2, 0.25) is 0 Å². The van der Waals surface area contributed by atoms with Gasteiger partial charge in [0.2, 0.25) is 11.8 Å². The summed E-state index contributed by atoms with van der Waals surface area (Å²) in [7, 11) is 4.53. The van der Waals surface area contributed by atoms with Gasteiger partial charge in [0, 0.05) is 17.8 Å². The van der Waals surface area contributed by atoms with Crippen molar-refractivity contribution in [2.45, 2.75) is 45.4 Å². The number of amides is 1. The van der Waals surface area contributed by atoms with E-state index in [0.29, 0.717) is 11.4 Å². The van der Waals surface area contributed by atoms with E-state index < -0.39 is 5.91 Å². The molecule has 1 heterocycles. The van der Waals surface area contributed by atoms with Gasteiger partial charge in [-0.2, -0.15) is 0 Å². The van der Waals surface area contributed by atoms with Crippen molar-refractivity contribution in [2.75, 3.05) is 20.6 Å². The van der Waals surface area contributed by atoms with E-state index in [9.17, 15) is 4.79 Å². The number of pyridine rings is 1. The number of aromatic nitrogens is 1. The van der Waals surface area contributed by atoms with Gasteiger partial charge in [-0.25, -0.2) is 4.98 Å². The third-order valence-electron chi connectivity index (χ3n) is 5.38. The summed E-state index contributed by atoms with van der Waals surface area (Å²) in [5.41, 5.74) is 9.82. The van der Waals surface area contributed by atoms with Gasteiger partial charge in [-0.3, -0.25) is 9.28 Å². The topological polar surface area (TPSA) is 65.2 Å². The number of unbranched alkanes of at least 4 members (excludes halogenated alkanes) is 2. The van der Waals surface area contributed by atoms with Crippen LogP contribution in [0.3, 0.4) is 0 Å². The highest BCUT2D eigenvalue weighted by molar-refractivity contribution is 5.92. The summed E-state index contributed by atoms with van der Waals surface area (Å²) >= 11 is 0. The van der Waals surface area contributed by atoms with Crippen LogP contribution in [0.25, 0.3) is 0 Å². The Morgan fingerprint density at radius 3 is 2.67 bits per heavy atom. The zero-order valence-corrected chi connectivity index (χ0v) is 16.6. The number of rotatable bonds is 8. The standard InChI is InChI=1S/C22H29N3O2/c1-4-5-6-14-25(2,3)21-18-9-7-8-16(18)10-12-19(21)27-20-13-11-17(15-24-20)22(23)26/h10-13,15H,4-9,14H2,1-3H3,(H-,23,26)/p+1. The van der Waals surface area contributed by atoms with Crippen molar-refractivity contribution in [3.05, 3.63) is 47.2 Å². The molecular formula is C22H30N3O2+.